The van der Waals surface area contributed by atoms with Crippen molar-refractivity contribution in [2.75, 3.05) is 5.73 Å². The van der Waals surface area contributed by atoms with Gasteiger partial charge in [0.05, 0.1) is 22.1 Å². The van der Waals surface area contributed by atoms with E-state index < -0.39 is 18.1 Å². The first kappa shape index (κ1) is 23.4. The summed E-state index contributed by atoms with van der Waals surface area (Å²) >= 11 is 3.59. The van der Waals surface area contributed by atoms with Crippen molar-refractivity contribution in [2.24, 2.45) is 5.92 Å². The Labute approximate surface area is 210 Å². The zero-order valence-electron chi connectivity index (χ0n) is 19.2. The van der Waals surface area contributed by atoms with Crippen molar-refractivity contribution in [1.29, 1.82) is 0 Å². The third kappa shape index (κ3) is 4.29. The topological polar surface area (TPSA) is 106 Å². The van der Waals surface area contributed by atoms with Gasteiger partial charge in [-0.25, -0.2) is 14.2 Å². The molecule has 0 saturated heterocycles. The van der Waals surface area contributed by atoms with E-state index in [9.17, 15) is 9.18 Å². The Kier molecular flexibility index (Phi) is 6.27. The van der Waals surface area contributed by atoms with Crippen LogP contribution in [0.25, 0.3) is 28.0 Å². The summed E-state index contributed by atoms with van der Waals surface area (Å²) in [5, 5.41) is 13.5. The zero-order valence-corrected chi connectivity index (χ0v) is 20.7. The maximum absolute atomic E-state index is 14.0. The van der Waals surface area contributed by atoms with Gasteiger partial charge in [-0.1, -0.05) is 30.3 Å². The highest BCUT2D eigenvalue weighted by Crippen LogP contribution is 2.42. The number of fused-ring (bicyclic) bond motifs is 1. The molecule has 1 saturated carbocycles. The Morgan fingerprint density at radius 1 is 1.17 bits per heavy atom. The molecule has 0 amide bonds. The molecule has 0 spiro atoms. The second-order valence-corrected chi connectivity index (χ2v) is 9.89. The Morgan fingerprint density at radius 2 is 1.89 bits per heavy atom. The standard InChI is InChI=1S/C26H25BrFN5O2/c1-14-11-18(12-30-22(14)16-5-3-2-4-6-16)19-13-31-33-24(29)20(27)23(32-25(19)33)17-9-7-15(8-10-17)21(28)26(34)35/h2-6,11-13,15,17,21H,7-10,29H2,1H3,(H,34,35). The first-order valence-electron chi connectivity index (χ1n) is 11.6. The number of anilines is 1. The van der Waals surface area contributed by atoms with Crippen molar-refractivity contribution in [3.63, 3.8) is 0 Å². The van der Waals surface area contributed by atoms with E-state index in [0.717, 1.165) is 33.6 Å². The molecular formula is C26H25BrFN5O2. The molecule has 3 aromatic heterocycles. The number of hydrogen-bond donors (Lipinski definition) is 2. The number of carboxylic acids is 1. The van der Waals surface area contributed by atoms with Crippen LogP contribution in [0.15, 0.2) is 53.3 Å². The number of carboxylic acid groups (broad SMARTS) is 1. The highest BCUT2D eigenvalue weighted by atomic mass is 79.9. The predicted octanol–water partition coefficient (Wildman–Crippen LogP) is 5.81. The van der Waals surface area contributed by atoms with Gasteiger partial charge in [-0.2, -0.15) is 9.61 Å². The van der Waals surface area contributed by atoms with Crippen LogP contribution in [0.1, 0.15) is 42.9 Å². The lowest BCUT2D eigenvalue weighted by Crippen LogP contribution is -2.28. The monoisotopic (exact) mass is 537 g/mol. The number of aryl methyl sites for hydroxylation is 1. The van der Waals surface area contributed by atoms with Gasteiger partial charge >= 0.3 is 5.97 Å². The largest absolute Gasteiger partial charge is 0.479 e. The highest BCUT2D eigenvalue weighted by molar-refractivity contribution is 9.10. The van der Waals surface area contributed by atoms with Crippen LogP contribution in [0.4, 0.5) is 10.2 Å². The summed E-state index contributed by atoms with van der Waals surface area (Å²) in [4.78, 5) is 20.7. The number of alkyl halides is 1. The van der Waals surface area contributed by atoms with Crippen molar-refractivity contribution in [3.05, 3.63) is 64.5 Å². The van der Waals surface area contributed by atoms with Gasteiger partial charge in [0.1, 0.15) is 5.82 Å². The number of nitrogen functional groups attached to an aromatic ring is 1. The summed E-state index contributed by atoms with van der Waals surface area (Å²) in [5.74, 6) is -1.36. The van der Waals surface area contributed by atoms with Crippen LogP contribution in [0.5, 0.6) is 0 Å². The average molecular weight is 538 g/mol. The molecule has 1 unspecified atom stereocenters. The van der Waals surface area contributed by atoms with Crippen molar-refractivity contribution in [2.45, 2.75) is 44.7 Å². The summed E-state index contributed by atoms with van der Waals surface area (Å²) < 4.78 is 16.3. The van der Waals surface area contributed by atoms with E-state index in [-0.39, 0.29) is 5.92 Å². The van der Waals surface area contributed by atoms with Gasteiger partial charge in [-0.3, -0.25) is 4.98 Å². The third-order valence-electron chi connectivity index (χ3n) is 6.89. The van der Waals surface area contributed by atoms with Crippen molar-refractivity contribution < 1.29 is 14.3 Å². The number of nitrogens with zero attached hydrogens (tertiary/aromatic N) is 4. The number of pyridine rings is 1. The van der Waals surface area contributed by atoms with E-state index in [1.165, 1.54) is 0 Å². The molecule has 3 N–H and O–H groups in total. The van der Waals surface area contributed by atoms with Gasteiger partial charge in [-0.05, 0) is 60.2 Å². The predicted molar refractivity (Wildman–Crippen MR) is 136 cm³/mol. The molecule has 9 heteroatoms. The Bertz CT molecular complexity index is 1400. The Morgan fingerprint density at radius 3 is 2.54 bits per heavy atom. The summed E-state index contributed by atoms with van der Waals surface area (Å²) in [6.45, 7) is 2.03. The molecule has 0 bridgehead atoms. The number of aliphatic carboxylic acids is 1. The van der Waals surface area contributed by atoms with Crippen LogP contribution >= 0.6 is 15.9 Å². The number of carbonyl (C=O) groups is 1. The fourth-order valence-electron chi connectivity index (χ4n) is 4.99. The summed E-state index contributed by atoms with van der Waals surface area (Å²) in [5.41, 5.74) is 12.6. The van der Waals surface area contributed by atoms with Crippen molar-refractivity contribution in [1.82, 2.24) is 19.6 Å². The third-order valence-corrected chi connectivity index (χ3v) is 7.71. The van der Waals surface area contributed by atoms with Crippen LogP contribution < -0.4 is 5.73 Å². The molecule has 7 nitrogen and oxygen atoms in total. The second-order valence-electron chi connectivity index (χ2n) is 9.10. The van der Waals surface area contributed by atoms with Crippen LogP contribution in [-0.2, 0) is 4.79 Å². The van der Waals surface area contributed by atoms with E-state index in [2.05, 4.69) is 27.1 Å². The molecule has 1 fully saturated rings. The van der Waals surface area contributed by atoms with Gasteiger partial charge < -0.3 is 10.8 Å². The van der Waals surface area contributed by atoms with Crippen LogP contribution in [-0.4, -0.2) is 36.8 Å². The lowest BCUT2D eigenvalue weighted by Gasteiger charge is -2.29. The Balaban J connectivity index is 1.49. The summed E-state index contributed by atoms with van der Waals surface area (Å²) in [6.07, 6.45) is 4.03. The quantitative estimate of drug-likeness (QED) is 0.332. The molecule has 35 heavy (non-hydrogen) atoms. The lowest BCUT2D eigenvalue weighted by atomic mass is 9.78. The van der Waals surface area contributed by atoms with E-state index >= 15 is 0 Å². The van der Waals surface area contributed by atoms with E-state index in [4.69, 9.17) is 20.8 Å². The number of benzene rings is 1. The Hall–Kier alpha value is -3.33. The average Bonchev–Trinajstić information content (AvgIpc) is 3.30. The molecule has 0 aliphatic heterocycles. The fourth-order valence-corrected chi connectivity index (χ4v) is 5.57. The van der Waals surface area contributed by atoms with E-state index in [1.807, 2.05) is 43.5 Å². The maximum atomic E-state index is 14.0. The van der Waals surface area contributed by atoms with Gasteiger partial charge in [0.25, 0.3) is 0 Å². The van der Waals surface area contributed by atoms with Crippen LogP contribution in [0.3, 0.4) is 0 Å². The minimum absolute atomic E-state index is 0.0528. The summed E-state index contributed by atoms with van der Waals surface area (Å²) in [7, 11) is 0. The minimum Gasteiger partial charge on any atom is -0.479 e. The molecule has 1 aliphatic carbocycles. The molecule has 1 aliphatic rings. The molecule has 0 radical (unpaired) electrons. The van der Waals surface area contributed by atoms with Crippen LogP contribution in [0, 0.1) is 12.8 Å². The number of rotatable bonds is 5. The molecular weight excluding hydrogens is 513 g/mol. The molecule has 3 heterocycles. The first-order valence-corrected chi connectivity index (χ1v) is 12.4. The number of nitrogens with two attached hydrogens (primary N) is 1. The lowest BCUT2D eigenvalue weighted by molar-refractivity contribution is -0.145. The van der Waals surface area contributed by atoms with E-state index in [0.29, 0.717) is 41.6 Å². The first-order chi connectivity index (χ1) is 16.8. The van der Waals surface area contributed by atoms with Gasteiger partial charge in [0, 0.05) is 34.7 Å². The van der Waals surface area contributed by atoms with Gasteiger partial charge in [0.2, 0.25) is 0 Å². The second kappa shape index (κ2) is 9.37. The van der Waals surface area contributed by atoms with Crippen LogP contribution in [0.2, 0.25) is 0 Å². The SMILES string of the molecule is Cc1cc(-c2cnn3c(N)c(Br)c(C4CCC(C(F)C(=O)O)CC4)nc23)cnc1-c1ccccc1. The highest BCUT2D eigenvalue weighted by Gasteiger charge is 2.34. The van der Waals surface area contributed by atoms with Gasteiger partial charge in [-0.15, -0.1) is 0 Å². The number of halogens is 2. The molecule has 4 aromatic rings. The van der Waals surface area contributed by atoms with Crippen molar-refractivity contribution >= 4 is 33.4 Å². The van der Waals surface area contributed by atoms with E-state index in [1.54, 1.807) is 10.7 Å². The summed E-state index contributed by atoms with van der Waals surface area (Å²) in [6, 6.07) is 12.1. The molecule has 1 atom stereocenters. The number of hydrogen-bond acceptors (Lipinski definition) is 5. The van der Waals surface area contributed by atoms with Crippen molar-refractivity contribution in [3.8, 4) is 22.4 Å². The molecule has 5 rings (SSSR count). The molecule has 1 aromatic carbocycles. The number of aromatic nitrogens is 4. The smallest absolute Gasteiger partial charge is 0.338 e. The maximum Gasteiger partial charge on any atom is 0.338 e. The minimum atomic E-state index is -1.82. The fraction of sp³-hybridized carbons (Fsp3) is 0.308. The van der Waals surface area contributed by atoms with Gasteiger partial charge in [0.15, 0.2) is 11.8 Å². The zero-order chi connectivity index (χ0) is 24.7. The normalized spacial score (nSPS) is 19.1. The molecule has 180 valence electrons.